The standard InChI is InChI=1S/C27H20BrClF3N3O4/c28-19-4-7-24(34-26(38)17-3-1-2-16(10-17)15-39-9-8-36)21(11-19)25(37)18-13-33-35(14-18)20-5-6-23(29)22(12-20)27(30,31)32/h1-7,10-14,36H,8-9,15H2,(H,34,38). The predicted octanol–water partition coefficient (Wildman–Crippen LogP) is 6.30. The first-order chi connectivity index (χ1) is 18.6. The molecule has 0 aliphatic carbocycles. The van der Waals surface area contributed by atoms with Crippen molar-refractivity contribution < 1.29 is 32.6 Å². The Bertz CT molecular complexity index is 1520. The van der Waals surface area contributed by atoms with Crippen LogP contribution in [0.3, 0.4) is 0 Å². The van der Waals surface area contributed by atoms with E-state index in [1.807, 2.05) is 0 Å². The van der Waals surface area contributed by atoms with Gasteiger partial charge in [-0.05, 0) is 54.1 Å². The zero-order valence-electron chi connectivity index (χ0n) is 20.0. The summed E-state index contributed by atoms with van der Waals surface area (Å²) in [4.78, 5) is 26.4. The topological polar surface area (TPSA) is 93.5 Å². The highest BCUT2D eigenvalue weighted by molar-refractivity contribution is 9.10. The van der Waals surface area contributed by atoms with Crippen molar-refractivity contribution in [2.45, 2.75) is 12.8 Å². The third-order valence-corrected chi connectivity index (χ3v) is 6.36. The monoisotopic (exact) mass is 621 g/mol. The van der Waals surface area contributed by atoms with E-state index in [1.54, 1.807) is 36.4 Å². The number of hydrogen-bond acceptors (Lipinski definition) is 5. The van der Waals surface area contributed by atoms with Crippen LogP contribution in [0.15, 0.2) is 77.5 Å². The highest BCUT2D eigenvalue weighted by Crippen LogP contribution is 2.36. The van der Waals surface area contributed by atoms with Crippen molar-refractivity contribution in [3.8, 4) is 5.69 Å². The number of alkyl halides is 3. The molecule has 0 radical (unpaired) electrons. The molecule has 1 amide bonds. The van der Waals surface area contributed by atoms with Crippen molar-refractivity contribution >= 4 is 44.9 Å². The molecule has 2 N–H and O–H groups in total. The molecule has 1 aromatic heterocycles. The second-order valence-corrected chi connectivity index (χ2v) is 9.61. The SMILES string of the molecule is O=C(Nc1ccc(Br)cc1C(=O)c1cnn(-c2ccc(Cl)c(C(F)(F)F)c2)c1)c1cccc(COCCO)c1. The molecule has 0 bridgehead atoms. The summed E-state index contributed by atoms with van der Waals surface area (Å²) in [5.41, 5.74) is 0.571. The number of aliphatic hydroxyl groups excluding tert-OH is 1. The molecule has 1 heterocycles. The molecule has 39 heavy (non-hydrogen) atoms. The lowest BCUT2D eigenvalue weighted by atomic mass is 10.0. The highest BCUT2D eigenvalue weighted by Gasteiger charge is 2.33. The highest BCUT2D eigenvalue weighted by atomic mass is 79.9. The maximum atomic E-state index is 13.4. The minimum Gasteiger partial charge on any atom is -0.394 e. The van der Waals surface area contributed by atoms with Gasteiger partial charge in [0.15, 0.2) is 5.78 Å². The number of ether oxygens (including phenoxy) is 1. The number of carbonyl (C=O) groups is 2. The number of nitrogens with zero attached hydrogens (tertiary/aromatic N) is 2. The van der Waals surface area contributed by atoms with Gasteiger partial charge in [-0.3, -0.25) is 9.59 Å². The minimum absolute atomic E-state index is 0.0661. The lowest BCUT2D eigenvalue weighted by Crippen LogP contribution is -2.15. The smallest absolute Gasteiger partial charge is 0.394 e. The minimum atomic E-state index is -4.66. The Hall–Kier alpha value is -3.51. The van der Waals surface area contributed by atoms with Crippen LogP contribution in [0.5, 0.6) is 0 Å². The normalized spacial score (nSPS) is 11.4. The number of amides is 1. The zero-order valence-corrected chi connectivity index (χ0v) is 22.3. The van der Waals surface area contributed by atoms with Crippen molar-refractivity contribution in [1.29, 1.82) is 0 Å². The van der Waals surface area contributed by atoms with Gasteiger partial charge in [0.25, 0.3) is 5.91 Å². The van der Waals surface area contributed by atoms with Crippen molar-refractivity contribution in [3.63, 3.8) is 0 Å². The lowest BCUT2D eigenvalue weighted by Gasteiger charge is -2.12. The van der Waals surface area contributed by atoms with Crippen molar-refractivity contribution in [1.82, 2.24) is 9.78 Å². The number of hydrogen-bond donors (Lipinski definition) is 2. The number of ketones is 1. The van der Waals surface area contributed by atoms with Crippen molar-refractivity contribution in [2.24, 2.45) is 0 Å². The summed E-state index contributed by atoms with van der Waals surface area (Å²) in [5.74, 6) is -0.971. The number of aliphatic hydroxyl groups is 1. The molecular formula is C27H20BrClF3N3O4. The second-order valence-electron chi connectivity index (χ2n) is 8.29. The van der Waals surface area contributed by atoms with Gasteiger partial charge in [0.1, 0.15) is 0 Å². The van der Waals surface area contributed by atoms with E-state index in [0.717, 1.165) is 22.4 Å². The van der Waals surface area contributed by atoms with E-state index in [9.17, 15) is 22.8 Å². The van der Waals surface area contributed by atoms with Crippen LogP contribution in [0.1, 0.15) is 37.4 Å². The molecule has 4 aromatic rings. The van der Waals surface area contributed by atoms with Gasteiger partial charge in [-0.25, -0.2) is 4.68 Å². The molecule has 0 atom stereocenters. The fraction of sp³-hybridized carbons (Fsp3) is 0.148. The van der Waals surface area contributed by atoms with Crippen LogP contribution in [0.2, 0.25) is 5.02 Å². The first kappa shape index (κ1) is 28.5. The van der Waals surface area contributed by atoms with Gasteiger partial charge >= 0.3 is 6.18 Å². The molecule has 0 spiro atoms. The fourth-order valence-corrected chi connectivity index (χ4v) is 4.26. The third kappa shape index (κ3) is 6.93. The van der Waals surface area contributed by atoms with Crippen LogP contribution in [-0.2, 0) is 17.5 Å². The number of benzene rings is 3. The van der Waals surface area contributed by atoms with E-state index in [4.69, 9.17) is 21.4 Å². The van der Waals surface area contributed by atoms with Crippen LogP contribution in [-0.4, -0.2) is 39.8 Å². The molecular weight excluding hydrogens is 603 g/mol. The molecule has 0 saturated heterocycles. The van der Waals surface area contributed by atoms with Gasteiger partial charge < -0.3 is 15.2 Å². The summed E-state index contributed by atoms with van der Waals surface area (Å²) in [7, 11) is 0. The predicted molar refractivity (Wildman–Crippen MR) is 142 cm³/mol. The molecule has 202 valence electrons. The van der Waals surface area contributed by atoms with E-state index in [1.165, 1.54) is 24.5 Å². The number of halogens is 5. The average molecular weight is 623 g/mol. The fourth-order valence-electron chi connectivity index (χ4n) is 3.67. The quantitative estimate of drug-likeness (QED) is 0.169. The van der Waals surface area contributed by atoms with E-state index in [0.29, 0.717) is 10.0 Å². The Kier molecular flexibility index (Phi) is 8.86. The Labute approximate surface area is 234 Å². The average Bonchev–Trinajstić information content (AvgIpc) is 3.39. The van der Waals surface area contributed by atoms with E-state index in [2.05, 4.69) is 26.3 Å². The van der Waals surface area contributed by atoms with Crippen LogP contribution in [0.4, 0.5) is 18.9 Å². The summed E-state index contributed by atoms with van der Waals surface area (Å²) in [5, 5.41) is 15.2. The van der Waals surface area contributed by atoms with E-state index < -0.39 is 28.5 Å². The summed E-state index contributed by atoms with van der Waals surface area (Å²) >= 11 is 9.03. The van der Waals surface area contributed by atoms with Crippen LogP contribution >= 0.6 is 27.5 Å². The maximum absolute atomic E-state index is 13.4. The molecule has 7 nitrogen and oxygen atoms in total. The zero-order chi connectivity index (χ0) is 28.2. The van der Waals surface area contributed by atoms with Crippen molar-refractivity contribution in [2.75, 3.05) is 18.5 Å². The van der Waals surface area contributed by atoms with Gasteiger partial charge in [-0.2, -0.15) is 18.3 Å². The van der Waals surface area contributed by atoms with E-state index >= 15 is 0 Å². The van der Waals surface area contributed by atoms with Gasteiger partial charge in [0.2, 0.25) is 0 Å². The van der Waals surface area contributed by atoms with Gasteiger partial charge in [-0.15, -0.1) is 0 Å². The Balaban J connectivity index is 1.58. The third-order valence-electron chi connectivity index (χ3n) is 5.53. The van der Waals surface area contributed by atoms with Crippen LogP contribution < -0.4 is 5.32 Å². The Morgan fingerprint density at radius 1 is 1.08 bits per heavy atom. The molecule has 4 rings (SSSR count). The molecule has 0 fully saturated rings. The number of carbonyl (C=O) groups excluding carboxylic acids is 2. The van der Waals surface area contributed by atoms with E-state index in [-0.39, 0.29) is 42.3 Å². The molecule has 12 heteroatoms. The van der Waals surface area contributed by atoms with Crippen molar-refractivity contribution in [3.05, 3.63) is 110 Å². The number of nitrogens with one attached hydrogen (secondary N) is 1. The maximum Gasteiger partial charge on any atom is 0.417 e. The second kappa shape index (κ2) is 12.1. The van der Waals surface area contributed by atoms with Gasteiger partial charge in [0.05, 0.1) is 53.5 Å². The molecule has 3 aromatic carbocycles. The molecule has 0 aliphatic rings. The van der Waals surface area contributed by atoms with Crippen LogP contribution in [0.25, 0.3) is 5.69 Å². The Morgan fingerprint density at radius 2 is 1.87 bits per heavy atom. The van der Waals surface area contributed by atoms with Gasteiger partial charge in [0, 0.05) is 21.8 Å². The largest absolute Gasteiger partial charge is 0.417 e. The molecule has 0 unspecified atom stereocenters. The summed E-state index contributed by atoms with van der Waals surface area (Å²) in [6.07, 6.45) is -2.13. The molecule has 0 saturated carbocycles. The summed E-state index contributed by atoms with van der Waals surface area (Å²) in [6.45, 7) is 0.262. The lowest BCUT2D eigenvalue weighted by molar-refractivity contribution is -0.137. The summed E-state index contributed by atoms with van der Waals surface area (Å²) < 4.78 is 46.8. The summed E-state index contributed by atoms with van der Waals surface area (Å²) in [6, 6.07) is 14.8. The van der Waals surface area contributed by atoms with Crippen LogP contribution in [0, 0.1) is 0 Å². The first-order valence-corrected chi connectivity index (χ1v) is 12.6. The molecule has 0 aliphatic heterocycles. The number of aromatic nitrogens is 2. The number of anilines is 1. The number of rotatable bonds is 9. The Morgan fingerprint density at radius 3 is 2.62 bits per heavy atom. The van der Waals surface area contributed by atoms with Gasteiger partial charge in [-0.1, -0.05) is 39.7 Å². The first-order valence-electron chi connectivity index (χ1n) is 11.4.